The van der Waals surface area contributed by atoms with E-state index in [4.69, 9.17) is 26.6 Å². The average molecular weight is 282 g/mol. The number of hydrogen-bond donors (Lipinski definition) is 1. The summed E-state index contributed by atoms with van der Waals surface area (Å²) in [6.07, 6.45) is 0.650. The maximum atomic E-state index is 11.2. The van der Waals surface area contributed by atoms with Gasteiger partial charge < -0.3 is 15.0 Å². The lowest BCUT2D eigenvalue weighted by atomic mass is 10.2. The van der Waals surface area contributed by atoms with Gasteiger partial charge in [0.15, 0.2) is 6.61 Å². The van der Waals surface area contributed by atoms with Gasteiger partial charge >= 0.3 is 0 Å². The highest BCUT2D eigenvalue weighted by Crippen LogP contribution is 2.23. The van der Waals surface area contributed by atoms with E-state index >= 15 is 0 Å². The summed E-state index contributed by atoms with van der Waals surface area (Å²) < 4.78 is 10.4. The second kappa shape index (κ2) is 5.71. The second-order valence-corrected chi connectivity index (χ2v) is 4.19. The summed E-state index contributed by atoms with van der Waals surface area (Å²) in [6.45, 7) is 1.98. The van der Waals surface area contributed by atoms with Crippen molar-refractivity contribution in [3.05, 3.63) is 40.5 Å². The fourth-order valence-corrected chi connectivity index (χ4v) is 1.62. The summed E-state index contributed by atoms with van der Waals surface area (Å²) in [7, 11) is 0. The molecule has 0 atom stereocenters. The number of aromatic nitrogens is 2. The van der Waals surface area contributed by atoms with Gasteiger partial charge in [0.05, 0.1) is 5.56 Å². The van der Waals surface area contributed by atoms with Crippen LogP contribution in [0.4, 0.5) is 0 Å². The summed E-state index contributed by atoms with van der Waals surface area (Å²) in [4.78, 5) is 15.3. The van der Waals surface area contributed by atoms with Gasteiger partial charge in [-0.05, 0) is 18.2 Å². The summed E-state index contributed by atoms with van der Waals surface area (Å²) in [6, 6.07) is 4.59. The van der Waals surface area contributed by atoms with Crippen LogP contribution in [0.5, 0.6) is 5.75 Å². The molecular formula is C12H12ClN3O3. The standard InChI is InChI=1S/C12H12ClN3O3/c1-2-11-15-10(16-19-11)6-18-9-5-7(13)3-4-8(9)12(14)17/h3-5H,2,6H2,1H3,(H2,14,17). The summed E-state index contributed by atoms with van der Waals surface area (Å²) in [5.41, 5.74) is 5.50. The molecule has 2 rings (SSSR count). The van der Waals surface area contributed by atoms with Gasteiger partial charge in [0.2, 0.25) is 11.7 Å². The molecule has 1 aromatic heterocycles. The van der Waals surface area contributed by atoms with Crippen molar-refractivity contribution in [3.63, 3.8) is 0 Å². The number of amides is 1. The molecule has 1 aromatic carbocycles. The Hall–Kier alpha value is -2.08. The van der Waals surface area contributed by atoms with Gasteiger partial charge in [0, 0.05) is 11.4 Å². The van der Waals surface area contributed by atoms with Crippen molar-refractivity contribution in [3.8, 4) is 5.75 Å². The maximum Gasteiger partial charge on any atom is 0.252 e. The molecule has 1 heterocycles. The third-order valence-corrected chi connectivity index (χ3v) is 2.61. The van der Waals surface area contributed by atoms with Crippen molar-refractivity contribution in [2.75, 3.05) is 0 Å². The largest absolute Gasteiger partial charge is 0.485 e. The van der Waals surface area contributed by atoms with Crippen molar-refractivity contribution >= 4 is 17.5 Å². The first-order valence-corrected chi connectivity index (χ1v) is 6.01. The van der Waals surface area contributed by atoms with Crippen LogP contribution in [0, 0.1) is 0 Å². The molecular weight excluding hydrogens is 270 g/mol. The minimum absolute atomic E-state index is 0.0735. The minimum atomic E-state index is -0.589. The van der Waals surface area contributed by atoms with Crippen LogP contribution in [-0.2, 0) is 13.0 Å². The number of halogens is 1. The van der Waals surface area contributed by atoms with E-state index in [1.54, 1.807) is 6.07 Å². The van der Waals surface area contributed by atoms with Gasteiger partial charge in [-0.1, -0.05) is 23.7 Å². The topological polar surface area (TPSA) is 91.2 Å². The first-order chi connectivity index (χ1) is 9.10. The molecule has 2 N–H and O–H groups in total. The summed E-state index contributed by atoms with van der Waals surface area (Å²) in [5, 5.41) is 4.19. The zero-order chi connectivity index (χ0) is 13.8. The Bertz CT molecular complexity index is 598. The average Bonchev–Trinajstić information content (AvgIpc) is 2.84. The predicted molar refractivity (Wildman–Crippen MR) is 68.0 cm³/mol. The number of rotatable bonds is 5. The van der Waals surface area contributed by atoms with Crippen molar-refractivity contribution in [1.29, 1.82) is 0 Å². The van der Waals surface area contributed by atoms with Crippen LogP contribution in [0.3, 0.4) is 0 Å². The molecule has 0 aliphatic heterocycles. The zero-order valence-electron chi connectivity index (χ0n) is 10.2. The molecule has 7 heteroatoms. The molecule has 0 saturated heterocycles. The number of ether oxygens (including phenoxy) is 1. The molecule has 0 aliphatic carbocycles. The Balaban J connectivity index is 2.14. The zero-order valence-corrected chi connectivity index (χ0v) is 11.0. The van der Waals surface area contributed by atoms with Crippen molar-refractivity contribution in [1.82, 2.24) is 10.1 Å². The highest BCUT2D eigenvalue weighted by Gasteiger charge is 2.12. The van der Waals surface area contributed by atoms with Gasteiger partial charge in [-0.25, -0.2) is 0 Å². The highest BCUT2D eigenvalue weighted by molar-refractivity contribution is 6.30. The minimum Gasteiger partial charge on any atom is -0.485 e. The molecule has 0 aliphatic rings. The Labute approximate surface area is 114 Å². The Morgan fingerprint density at radius 2 is 2.32 bits per heavy atom. The Morgan fingerprint density at radius 3 is 2.95 bits per heavy atom. The fourth-order valence-electron chi connectivity index (χ4n) is 1.45. The molecule has 0 spiro atoms. The van der Waals surface area contributed by atoms with Crippen LogP contribution < -0.4 is 10.5 Å². The summed E-state index contributed by atoms with van der Waals surface area (Å²) >= 11 is 5.85. The van der Waals surface area contributed by atoms with Crippen molar-refractivity contribution in [2.45, 2.75) is 20.0 Å². The normalized spacial score (nSPS) is 10.4. The van der Waals surface area contributed by atoms with Crippen LogP contribution >= 0.6 is 11.6 Å². The van der Waals surface area contributed by atoms with E-state index in [9.17, 15) is 4.79 Å². The Morgan fingerprint density at radius 1 is 1.53 bits per heavy atom. The van der Waals surface area contributed by atoms with Gasteiger partial charge in [-0.3, -0.25) is 4.79 Å². The number of hydrogen-bond acceptors (Lipinski definition) is 5. The highest BCUT2D eigenvalue weighted by atomic mass is 35.5. The fraction of sp³-hybridized carbons (Fsp3) is 0.250. The van der Waals surface area contributed by atoms with E-state index in [-0.39, 0.29) is 12.2 Å². The van der Waals surface area contributed by atoms with Crippen molar-refractivity contribution in [2.24, 2.45) is 5.73 Å². The van der Waals surface area contributed by atoms with E-state index < -0.39 is 5.91 Å². The number of carbonyl (C=O) groups excluding carboxylic acids is 1. The lowest BCUT2D eigenvalue weighted by Crippen LogP contribution is -2.13. The molecule has 6 nitrogen and oxygen atoms in total. The molecule has 0 saturated carbocycles. The molecule has 2 aromatic rings. The van der Waals surface area contributed by atoms with Crippen LogP contribution in [0.1, 0.15) is 29.0 Å². The van der Waals surface area contributed by atoms with Gasteiger partial charge in [-0.15, -0.1) is 0 Å². The number of nitrogens with two attached hydrogens (primary N) is 1. The number of aryl methyl sites for hydroxylation is 1. The van der Waals surface area contributed by atoms with Gasteiger partial charge in [0.25, 0.3) is 5.91 Å². The van der Waals surface area contributed by atoms with Crippen LogP contribution in [-0.4, -0.2) is 16.0 Å². The van der Waals surface area contributed by atoms with Crippen LogP contribution in [0.25, 0.3) is 0 Å². The molecule has 0 bridgehead atoms. The quantitative estimate of drug-likeness (QED) is 0.904. The number of primary amides is 1. The second-order valence-electron chi connectivity index (χ2n) is 3.75. The maximum absolute atomic E-state index is 11.2. The van der Waals surface area contributed by atoms with E-state index in [2.05, 4.69) is 10.1 Å². The molecule has 0 fully saturated rings. The van der Waals surface area contributed by atoms with Gasteiger partial charge in [-0.2, -0.15) is 4.98 Å². The number of carbonyl (C=O) groups is 1. The lowest BCUT2D eigenvalue weighted by Gasteiger charge is -2.07. The molecule has 0 unspecified atom stereocenters. The van der Waals surface area contributed by atoms with Gasteiger partial charge in [0.1, 0.15) is 5.75 Å². The molecule has 19 heavy (non-hydrogen) atoms. The third-order valence-electron chi connectivity index (χ3n) is 2.38. The van der Waals surface area contributed by atoms with E-state index in [0.29, 0.717) is 28.9 Å². The van der Waals surface area contributed by atoms with E-state index in [1.165, 1.54) is 12.1 Å². The number of nitrogens with zero attached hydrogens (tertiary/aromatic N) is 2. The van der Waals surface area contributed by atoms with Crippen LogP contribution in [0.15, 0.2) is 22.7 Å². The predicted octanol–water partition coefficient (Wildman–Crippen LogP) is 1.96. The lowest BCUT2D eigenvalue weighted by molar-refractivity contribution is 0.0995. The molecule has 0 radical (unpaired) electrons. The number of benzene rings is 1. The monoisotopic (exact) mass is 281 g/mol. The van der Waals surface area contributed by atoms with E-state index in [1.807, 2.05) is 6.92 Å². The molecule has 100 valence electrons. The van der Waals surface area contributed by atoms with E-state index in [0.717, 1.165) is 0 Å². The van der Waals surface area contributed by atoms with Crippen molar-refractivity contribution < 1.29 is 14.1 Å². The third kappa shape index (κ3) is 3.23. The van der Waals surface area contributed by atoms with Crippen LogP contribution in [0.2, 0.25) is 5.02 Å². The smallest absolute Gasteiger partial charge is 0.252 e. The summed E-state index contributed by atoms with van der Waals surface area (Å²) in [5.74, 6) is 0.629. The SMILES string of the molecule is CCc1nc(COc2cc(Cl)ccc2C(N)=O)no1. The first-order valence-electron chi connectivity index (χ1n) is 5.63. The first kappa shape index (κ1) is 13.4. The Kier molecular flexibility index (Phi) is 4.01. The molecule has 1 amide bonds.